The van der Waals surface area contributed by atoms with E-state index in [1.54, 1.807) is 38.1 Å². The van der Waals surface area contributed by atoms with Crippen LogP contribution >= 0.6 is 11.8 Å². The summed E-state index contributed by atoms with van der Waals surface area (Å²) in [6, 6.07) is 5.08. The van der Waals surface area contributed by atoms with Crippen LogP contribution in [0.25, 0.3) is 0 Å². The van der Waals surface area contributed by atoms with Gasteiger partial charge in [-0.3, -0.25) is 4.79 Å². The maximum Gasteiger partial charge on any atom is 0.328 e. The topological polar surface area (TPSA) is 92.8 Å². The number of aryl methyl sites for hydroxylation is 1. The summed E-state index contributed by atoms with van der Waals surface area (Å²) >= 11 is 1.53. The second-order valence-corrected chi connectivity index (χ2v) is 11.4. The number of hydrogen-bond donors (Lipinski definition) is 1. The molecule has 0 unspecified atom stereocenters. The lowest BCUT2D eigenvalue weighted by atomic mass is 10.0. The fraction of sp³-hybridized carbons (Fsp3) is 0.636. The molecule has 0 aliphatic carbocycles. The van der Waals surface area contributed by atoms with Crippen molar-refractivity contribution in [1.82, 2.24) is 9.62 Å². The fourth-order valence-corrected chi connectivity index (χ4v) is 6.23. The first-order valence-electron chi connectivity index (χ1n) is 10.8. The highest BCUT2D eigenvalue weighted by molar-refractivity contribution is 7.99. The van der Waals surface area contributed by atoms with Gasteiger partial charge in [0, 0.05) is 18.1 Å². The number of benzene rings is 1. The van der Waals surface area contributed by atoms with Crippen LogP contribution in [0.3, 0.4) is 0 Å². The van der Waals surface area contributed by atoms with Crippen molar-refractivity contribution in [2.75, 3.05) is 18.1 Å². The molecule has 0 bridgehead atoms. The van der Waals surface area contributed by atoms with Crippen LogP contribution in [0.5, 0.6) is 0 Å². The molecule has 0 saturated carbocycles. The van der Waals surface area contributed by atoms with Gasteiger partial charge in [0.15, 0.2) is 0 Å². The van der Waals surface area contributed by atoms with Gasteiger partial charge in [-0.25, -0.2) is 13.2 Å². The standard InChI is InChI=1S/C22H34N2O5S2/c1-6-17-7-9-18(10-8-17)31(27,28)24-11-12-30-14-20(24)21(25)23-19(13-15(2)3)22(26)29-16(4)5/h7-10,15-16,19-20H,6,11-14H2,1-5H3,(H,23,25)/t19-,20-/m0/s1. The summed E-state index contributed by atoms with van der Waals surface area (Å²) in [5.41, 5.74) is 1.04. The molecule has 174 valence electrons. The number of carbonyl (C=O) groups is 2. The molecule has 1 amide bonds. The predicted octanol–water partition coefficient (Wildman–Crippen LogP) is 2.84. The minimum Gasteiger partial charge on any atom is -0.461 e. The molecule has 0 radical (unpaired) electrons. The van der Waals surface area contributed by atoms with Crippen molar-refractivity contribution >= 4 is 33.7 Å². The first kappa shape index (κ1) is 25.7. The molecule has 0 aromatic heterocycles. The van der Waals surface area contributed by atoms with E-state index in [2.05, 4.69) is 5.32 Å². The Kier molecular flexibility index (Phi) is 9.39. The third-order valence-electron chi connectivity index (χ3n) is 4.98. The number of ether oxygens (including phenoxy) is 1. The van der Waals surface area contributed by atoms with Crippen LogP contribution in [0.2, 0.25) is 0 Å². The Morgan fingerprint density at radius 3 is 2.39 bits per heavy atom. The molecular formula is C22H34N2O5S2. The number of amides is 1. The van der Waals surface area contributed by atoms with E-state index in [0.717, 1.165) is 12.0 Å². The molecule has 1 heterocycles. The fourth-order valence-electron chi connectivity index (χ4n) is 3.38. The molecule has 1 aliphatic heterocycles. The molecule has 2 rings (SSSR count). The SMILES string of the molecule is CCc1ccc(S(=O)(=O)N2CCSC[C@H]2C(=O)N[C@@H](CC(C)C)C(=O)OC(C)C)cc1. The van der Waals surface area contributed by atoms with Crippen molar-refractivity contribution in [3.05, 3.63) is 29.8 Å². The van der Waals surface area contributed by atoms with Gasteiger partial charge in [-0.2, -0.15) is 16.1 Å². The lowest BCUT2D eigenvalue weighted by Gasteiger charge is -2.34. The zero-order valence-corrected chi connectivity index (χ0v) is 20.6. The lowest BCUT2D eigenvalue weighted by Crippen LogP contribution is -2.56. The van der Waals surface area contributed by atoms with Crippen LogP contribution in [0.15, 0.2) is 29.2 Å². The Bertz CT molecular complexity index is 853. The summed E-state index contributed by atoms with van der Waals surface area (Å²) in [6.07, 6.45) is 0.935. The molecule has 1 saturated heterocycles. The van der Waals surface area contributed by atoms with E-state index in [9.17, 15) is 18.0 Å². The van der Waals surface area contributed by atoms with Crippen molar-refractivity contribution < 1.29 is 22.7 Å². The summed E-state index contributed by atoms with van der Waals surface area (Å²) in [5.74, 6) is 0.145. The quantitative estimate of drug-likeness (QED) is 0.558. The summed E-state index contributed by atoms with van der Waals surface area (Å²) in [5, 5.41) is 2.76. The van der Waals surface area contributed by atoms with Gasteiger partial charge >= 0.3 is 5.97 Å². The number of esters is 1. The summed E-state index contributed by atoms with van der Waals surface area (Å²) in [4.78, 5) is 25.8. The molecule has 1 fully saturated rings. The summed E-state index contributed by atoms with van der Waals surface area (Å²) < 4.78 is 33.1. The van der Waals surface area contributed by atoms with Crippen LogP contribution in [0.4, 0.5) is 0 Å². The smallest absolute Gasteiger partial charge is 0.328 e. The van der Waals surface area contributed by atoms with Crippen molar-refractivity contribution in [3.8, 4) is 0 Å². The summed E-state index contributed by atoms with van der Waals surface area (Å²) in [7, 11) is -3.84. The van der Waals surface area contributed by atoms with E-state index in [0.29, 0.717) is 17.9 Å². The van der Waals surface area contributed by atoms with Gasteiger partial charge in [-0.1, -0.05) is 32.9 Å². The van der Waals surface area contributed by atoms with Crippen LogP contribution in [0, 0.1) is 5.92 Å². The average Bonchev–Trinajstić information content (AvgIpc) is 2.72. The van der Waals surface area contributed by atoms with Gasteiger partial charge in [0.1, 0.15) is 12.1 Å². The van der Waals surface area contributed by atoms with Gasteiger partial charge in [0.25, 0.3) is 0 Å². The zero-order chi connectivity index (χ0) is 23.2. The minimum absolute atomic E-state index is 0.155. The Balaban J connectivity index is 2.24. The van der Waals surface area contributed by atoms with Crippen LogP contribution < -0.4 is 5.32 Å². The number of sulfonamides is 1. The number of rotatable bonds is 9. The van der Waals surface area contributed by atoms with E-state index >= 15 is 0 Å². The van der Waals surface area contributed by atoms with E-state index in [4.69, 9.17) is 4.74 Å². The second kappa shape index (κ2) is 11.3. The van der Waals surface area contributed by atoms with E-state index in [1.807, 2.05) is 20.8 Å². The number of thioether (sulfide) groups is 1. The Labute approximate surface area is 190 Å². The van der Waals surface area contributed by atoms with Crippen molar-refractivity contribution in [3.63, 3.8) is 0 Å². The first-order chi connectivity index (χ1) is 14.6. The highest BCUT2D eigenvalue weighted by Crippen LogP contribution is 2.25. The maximum absolute atomic E-state index is 13.3. The van der Waals surface area contributed by atoms with Crippen LogP contribution in [0.1, 0.15) is 46.6 Å². The van der Waals surface area contributed by atoms with Gasteiger partial charge < -0.3 is 10.1 Å². The molecule has 1 N–H and O–H groups in total. The summed E-state index contributed by atoms with van der Waals surface area (Å²) in [6.45, 7) is 9.66. The molecule has 1 aromatic carbocycles. The highest BCUT2D eigenvalue weighted by atomic mass is 32.2. The maximum atomic E-state index is 13.3. The number of carbonyl (C=O) groups excluding carboxylic acids is 2. The van der Waals surface area contributed by atoms with Gasteiger partial charge in [0.2, 0.25) is 15.9 Å². The molecule has 31 heavy (non-hydrogen) atoms. The van der Waals surface area contributed by atoms with E-state index in [1.165, 1.54) is 16.1 Å². The monoisotopic (exact) mass is 470 g/mol. The first-order valence-corrected chi connectivity index (χ1v) is 13.3. The number of nitrogens with one attached hydrogen (secondary N) is 1. The van der Waals surface area contributed by atoms with Crippen molar-refractivity contribution in [2.45, 2.75) is 70.5 Å². The molecule has 2 atom stereocenters. The van der Waals surface area contributed by atoms with Crippen LogP contribution in [-0.4, -0.2) is 60.8 Å². The van der Waals surface area contributed by atoms with Gasteiger partial charge in [-0.05, 0) is 50.3 Å². The highest BCUT2D eigenvalue weighted by Gasteiger charge is 2.39. The Morgan fingerprint density at radius 2 is 1.84 bits per heavy atom. The molecule has 9 heteroatoms. The second-order valence-electron chi connectivity index (χ2n) is 8.38. The average molecular weight is 471 g/mol. The third kappa shape index (κ3) is 6.95. The normalized spacial score (nSPS) is 18.7. The predicted molar refractivity (Wildman–Crippen MR) is 123 cm³/mol. The lowest BCUT2D eigenvalue weighted by molar-refractivity contribution is -0.152. The molecular weight excluding hydrogens is 436 g/mol. The Morgan fingerprint density at radius 1 is 1.19 bits per heavy atom. The number of hydrogen-bond acceptors (Lipinski definition) is 6. The van der Waals surface area contributed by atoms with E-state index in [-0.39, 0.29) is 23.5 Å². The third-order valence-corrected chi connectivity index (χ3v) is 7.93. The van der Waals surface area contributed by atoms with Gasteiger partial charge in [-0.15, -0.1) is 0 Å². The molecule has 7 nitrogen and oxygen atoms in total. The van der Waals surface area contributed by atoms with E-state index < -0.39 is 34.0 Å². The molecule has 1 aliphatic rings. The molecule has 1 aromatic rings. The number of nitrogens with zero attached hydrogens (tertiary/aromatic N) is 1. The molecule has 0 spiro atoms. The van der Waals surface area contributed by atoms with Crippen molar-refractivity contribution in [1.29, 1.82) is 0 Å². The Hall–Kier alpha value is -1.58. The van der Waals surface area contributed by atoms with Crippen LogP contribution in [-0.2, 0) is 30.8 Å². The van der Waals surface area contributed by atoms with Gasteiger partial charge in [0.05, 0.1) is 11.0 Å². The minimum atomic E-state index is -3.84. The zero-order valence-electron chi connectivity index (χ0n) is 19.0. The largest absolute Gasteiger partial charge is 0.461 e. The van der Waals surface area contributed by atoms with Crippen molar-refractivity contribution in [2.24, 2.45) is 5.92 Å².